The molecule has 8 heteroatoms. The SMILES string of the molecule is Cc1c(Br)cccc1NC(=O)N[C@H](CCC(N)=O)C(=O)O. The Bertz CT molecular complexity index is 562. The normalized spacial score (nSPS) is 11.5. The first kappa shape index (κ1) is 17.0. The van der Waals surface area contributed by atoms with Crippen LogP contribution in [-0.4, -0.2) is 29.1 Å². The van der Waals surface area contributed by atoms with Crippen LogP contribution in [0.15, 0.2) is 22.7 Å². The standard InChI is InChI=1S/C13H16BrN3O4/c1-7-8(14)3-2-4-9(7)16-13(21)17-10(12(19)20)5-6-11(15)18/h2-4,10H,5-6H2,1H3,(H2,15,18)(H,19,20)(H2,16,17,21)/t10-/m1/s1. The number of nitrogens with one attached hydrogen (secondary N) is 2. The lowest BCUT2D eigenvalue weighted by molar-refractivity contribution is -0.139. The molecule has 0 bridgehead atoms. The molecule has 0 aromatic heterocycles. The highest BCUT2D eigenvalue weighted by Gasteiger charge is 2.20. The summed E-state index contributed by atoms with van der Waals surface area (Å²) in [6.07, 6.45) is -0.178. The fourth-order valence-electron chi connectivity index (χ4n) is 1.60. The zero-order valence-electron chi connectivity index (χ0n) is 11.4. The van der Waals surface area contributed by atoms with E-state index in [1.807, 2.05) is 13.0 Å². The largest absolute Gasteiger partial charge is 0.480 e. The van der Waals surface area contributed by atoms with Crippen LogP contribution in [0.1, 0.15) is 18.4 Å². The first-order valence-corrected chi connectivity index (χ1v) is 6.94. The molecule has 0 fully saturated rings. The van der Waals surface area contributed by atoms with Gasteiger partial charge in [-0.25, -0.2) is 9.59 Å². The number of carboxylic acids is 1. The number of amides is 3. The fraction of sp³-hybridized carbons (Fsp3) is 0.308. The average Bonchev–Trinajstić information content (AvgIpc) is 2.39. The molecule has 1 rings (SSSR count). The summed E-state index contributed by atoms with van der Waals surface area (Å²) in [4.78, 5) is 33.5. The maximum absolute atomic E-state index is 11.8. The summed E-state index contributed by atoms with van der Waals surface area (Å²) in [5.74, 6) is -1.84. The maximum atomic E-state index is 11.8. The molecule has 1 aromatic carbocycles. The quantitative estimate of drug-likeness (QED) is 0.617. The molecular weight excluding hydrogens is 342 g/mol. The summed E-state index contributed by atoms with van der Waals surface area (Å²) in [5, 5.41) is 13.9. The van der Waals surface area contributed by atoms with Crippen LogP contribution in [-0.2, 0) is 9.59 Å². The van der Waals surface area contributed by atoms with Crippen LogP contribution in [0.25, 0.3) is 0 Å². The number of benzene rings is 1. The number of nitrogens with two attached hydrogens (primary N) is 1. The monoisotopic (exact) mass is 357 g/mol. The van der Waals surface area contributed by atoms with Gasteiger partial charge in [0, 0.05) is 16.6 Å². The Hall–Kier alpha value is -2.09. The number of hydrogen-bond donors (Lipinski definition) is 4. The molecule has 0 spiro atoms. The minimum absolute atomic E-state index is 0.0600. The molecule has 0 saturated carbocycles. The molecule has 0 radical (unpaired) electrons. The summed E-state index contributed by atoms with van der Waals surface area (Å²) in [6.45, 7) is 1.81. The molecule has 5 N–H and O–H groups in total. The third-order valence-electron chi connectivity index (χ3n) is 2.80. The van der Waals surface area contributed by atoms with Crippen molar-refractivity contribution >= 4 is 39.5 Å². The van der Waals surface area contributed by atoms with Crippen LogP contribution in [0.2, 0.25) is 0 Å². The Morgan fingerprint density at radius 2 is 2.05 bits per heavy atom. The maximum Gasteiger partial charge on any atom is 0.326 e. The number of carbonyl (C=O) groups is 3. The van der Waals surface area contributed by atoms with E-state index in [0.717, 1.165) is 10.0 Å². The number of carboxylic acid groups (broad SMARTS) is 1. The molecule has 1 atom stereocenters. The lowest BCUT2D eigenvalue weighted by Gasteiger charge is -2.15. The predicted octanol–water partition coefficient (Wildman–Crippen LogP) is 1.60. The number of carbonyl (C=O) groups excluding carboxylic acids is 2. The van der Waals surface area contributed by atoms with Gasteiger partial charge in [0.05, 0.1) is 0 Å². The molecule has 0 saturated heterocycles. The molecule has 1 aromatic rings. The molecule has 21 heavy (non-hydrogen) atoms. The van der Waals surface area contributed by atoms with Crippen LogP contribution in [0, 0.1) is 6.92 Å². The van der Waals surface area contributed by atoms with Crippen molar-refractivity contribution in [3.8, 4) is 0 Å². The van der Waals surface area contributed by atoms with Crippen molar-refractivity contribution in [1.29, 1.82) is 0 Å². The second-order valence-electron chi connectivity index (χ2n) is 4.41. The van der Waals surface area contributed by atoms with Crippen molar-refractivity contribution in [2.75, 3.05) is 5.32 Å². The lowest BCUT2D eigenvalue weighted by atomic mass is 10.1. The van der Waals surface area contributed by atoms with Crippen molar-refractivity contribution in [2.24, 2.45) is 5.73 Å². The van der Waals surface area contributed by atoms with E-state index in [-0.39, 0.29) is 12.8 Å². The highest BCUT2D eigenvalue weighted by atomic mass is 79.9. The molecule has 0 aliphatic heterocycles. The van der Waals surface area contributed by atoms with Crippen molar-refractivity contribution in [3.05, 3.63) is 28.2 Å². The molecule has 7 nitrogen and oxygen atoms in total. The summed E-state index contributed by atoms with van der Waals surface area (Å²) in [6, 6.07) is 3.43. The number of anilines is 1. The van der Waals surface area contributed by atoms with Gasteiger partial charge in [-0.1, -0.05) is 22.0 Å². The third-order valence-corrected chi connectivity index (χ3v) is 3.66. The van der Waals surface area contributed by atoms with Crippen molar-refractivity contribution in [2.45, 2.75) is 25.8 Å². The second kappa shape index (κ2) is 7.63. The van der Waals surface area contributed by atoms with E-state index in [1.54, 1.807) is 12.1 Å². The molecular formula is C13H16BrN3O4. The predicted molar refractivity (Wildman–Crippen MR) is 80.9 cm³/mol. The fourth-order valence-corrected chi connectivity index (χ4v) is 1.97. The van der Waals surface area contributed by atoms with Gasteiger partial charge in [0.25, 0.3) is 0 Å². The molecule has 0 unspecified atom stereocenters. The Morgan fingerprint density at radius 1 is 1.38 bits per heavy atom. The van der Waals surface area contributed by atoms with Crippen molar-refractivity contribution in [3.63, 3.8) is 0 Å². The van der Waals surface area contributed by atoms with Crippen LogP contribution in [0.3, 0.4) is 0 Å². The number of halogens is 1. The third kappa shape index (κ3) is 5.42. The van der Waals surface area contributed by atoms with Gasteiger partial charge in [-0.2, -0.15) is 0 Å². The van der Waals surface area contributed by atoms with E-state index in [1.165, 1.54) is 0 Å². The second-order valence-corrected chi connectivity index (χ2v) is 5.26. The van der Waals surface area contributed by atoms with Crippen molar-refractivity contribution < 1.29 is 19.5 Å². The number of rotatable bonds is 6. The van der Waals surface area contributed by atoms with E-state index in [0.29, 0.717) is 5.69 Å². The highest BCUT2D eigenvalue weighted by molar-refractivity contribution is 9.10. The van der Waals surface area contributed by atoms with Crippen LogP contribution >= 0.6 is 15.9 Å². The molecule has 114 valence electrons. The number of primary amides is 1. The van der Waals surface area contributed by atoms with Gasteiger partial charge in [-0.15, -0.1) is 0 Å². The first-order valence-electron chi connectivity index (χ1n) is 6.15. The van der Waals surface area contributed by atoms with Gasteiger partial charge >= 0.3 is 12.0 Å². The summed E-state index contributed by atoms with van der Waals surface area (Å²) in [7, 11) is 0. The summed E-state index contributed by atoms with van der Waals surface area (Å²) >= 11 is 3.33. The van der Waals surface area contributed by atoms with Crippen molar-refractivity contribution in [1.82, 2.24) is 5.32 Å². The van der Waals surface area contributed by atoms with Crippen LogP contribution < -0.4 is 16.4 Å². The Balaban J connectivity index is 2.67. The molecule has 0 aliphatic carbocycles. The molecule has 0 aliphatic rings. The van der Waals surface area contributed by atoms with Gasteiger partial charge in [0.2, 0.25) is 5.91 Å². The van der Waals surface area contributed by atoms with Crippen LogP contribution in [0.5, 0.6) is 0 Å². The molecule has 0 heterocycles. The lowest BCUT2D eigenvalue weighted by Crippen LogP contribution is -2.43. The van der Waals surface area contributed by atoms with Gasteiger partial charge in [0.1, 0.15) is 6.04 Å². The number of hydrogen-bond acceptors (Lipinski definition) is 3. The zero-order valence-corrected chi connectivity index (χ0v) is 12.9. The van der Waals surface area contributed by atoms with E-state index < -0.39 is 23.9 Å². The average molecular weight is 358 g/mol. The Morgan fingerprint density at radius 3 is 2.62 bits per heavy atom. The molecule has 3 amide bonds. The van der Waals surface area contributed by atoms with Gasteiger partial charge in [0.15, 0.2) is 0 Å². The Labute approximate surface area is 130 Å². The van der Waals surface area contributed by atoms with E-state index in [9.17, 15) is 14.4 Å². The summed E-state index contributed by atoms with van der Waals surface area (Å²) in [5.41, 5.74) is 6.34. The van der Waals surface area contributed by atoms with Gasteiger partial charge in [-0.3, -0.25) is 4.79 Å². The van der Waals surface area contributed by atoms with E-state index in [2.05, 4.69) is 26.6 Å². The van der Waals surface area contributed by atoms with Gasteiger partial charge < -0.3 is 21.5 Å². The topological polar surface area (TPSA) is 122 Å². The zero-order chi connectivity index (χ0) is 16.0. The minimum atomic E-state index is -1.22. The number of urea groups is 1. The summed E-state index contributed by atoms with van der Waals surface area (Å²) < 4.78 is 0.823. The van der Waals surface area contributed by atoms with E-state index in [4.69, 9.17) is 10.8 Å². The van der Waals surface area contributed by atoms with Crippen LogP contribution in [0.4, 0.5) is 10.5 Å². The van der Waals surface area contributed by atoms with Gasteiger partial charge in [-0.05, 0) is 31.0 Å². The smallest absolute Gasteiger partial charge is 0.326 e. The number of aliphatic carboxylic acids is 1. The van der Waals surface area contributed by atoms with E-state index >= 15 is 0 Å². The minimum Gasteiger partial charge on any atom is -0.480 e. The Kier molecular flexibility index (Phi) is 6.16. The highest BCUT2D eigenvalue weighted by Crippen LogP contribution is 2.23. The first-order chi connectivity index (χ1) is 9.81.